The van der Waals surface area contributed by atoms with E-state index in [0.29, 0.717) is 5.56 Å². The van der Waals surface area contributed by atoms with E-state index < -0.39 is 11.9 Å². The van der Waals surface area contributed by atoms with Crippen molar-refractivity contribution in [3.05, 3.63) is 29.3 Å². The zero-order valence-electron chi connectivity index (χ0n) is 8.23. The number of aromatic carboxylic acids is 1. The molecular formula is C11H9NO4. The fraction of sp³-hybridized carbons (Fsp3) is 0.0909. The fourth-order valence-electron chi connectivity index (χ4n) is 1.06. The molecule has 0 atom stereocenters. The van der Waals surface area contributed by atoms with Gasteiger partial charge in [-0.3, -0.25) is 4.79 Å². The predicted molar refractivity (Wildman–Crippen MR) is 56.9 cm³/mol. The van der Waals surface area contributed by atoms with Crippen LogP contribution in [-0.2, 0) is 4.79 Å². The number of aliphatic carboxylic acids is 1. The minimum Gasteiger partial charge on any atom is -0.481 e. The molecule has 0 radical (unpaired) electrons. The van der Waals surface area contributed by atoms with Crippen LogP contribution in [0, 0.1) is 11.8 Å². The molecule has 82 valence electrons. The Kier molecular flexibility index (Phi) is 3.51. The molecule has 0 bridgehead atoms. The molecule has 1 aromatic rings. The van der Waals surface area contributed by atoms with Crippen LogP contribution >= 0.6 is 0 Å². The predicted octanol–water partition coefficient (Wildman–Crippen LogP) is 0.793. The first kappa shape index (κ1) is 11.6. The first-order valence-corrected chi connectivity index (χ1v) is 4.34. The Morgan fingerprint density at radius 1 is 1.31 bits per heavy atom. The molecule has 0 saturated carbocycles. The molecule has 4 N–H and O–H groups in total. The third-order valence-corrected chi connectivity index (χ3v) is 1.75. The maximum atomic E-state index is 10.6. The van der Waals surface area contributed by atoms with Crippen molar-refractivity contribution in [2.45, 2.75) is 6.42 Å². The standard InChI is InChI=1S/C11H9NO4/c12-9-6-7(2-1-3-10(13)14)4-5-8(9)11(15)16/h4-6H,3,12H2,(H,13,14)(H,15,16). The number of anilines is 1. The molecule has 0 saturated heterocycles. The Morgan fingerprint density at radius 2 is 2.00 bits per heavy atom. The SMILES string of the molecule is Nc1cc(C#CCC(=O)O)ccc1C(=O)O. The van der Waals surface area contributed by atoms with Crippen molar-refractivity contribution in [2.75, 3.05) is 5.73 Å². The Hall–Kier alpha value is -2.48. The van der Waals surface area contributed by atoms with Crippen LogP contribution in [0.5, 0.6) is 0 Å². The second-order valence-electron chi connectivity index (χ2n) is 2.98. The lowest BCUT2D eigenvalue weighted by Crippen LogP contribution is -2.02. The molecule has 0 spiro atoms. The summed E-state index contributed by atoms with van der Waals surface area (Å²) in [6.45, 7) is 0. The van der Waals surface area contributed by atoms with E-state index in [1.807, 2.05) is 0 Å². The van der Waals surface area contributed by atoms with Gasteiger partial charge in [-0.25, -0.2) is 4.79 Å². The van der Waals surface area contributed by atoms with Crippen molar-refractivity contribution in [2.24, 2.45) is 0 Å². The molecular weight excluding hydrogens is 210 g/mol. The van der Waals surface area contributed by atoms with Gasteiger partial charge in [0.2, 0.25) is 0 Å². The van der Waals surface area contributed by atoms with Gasteiger partial charge in [0, 0.05) is 11.3 Å². The molecule has 0 aliphatic heterocycles. The van der Waals surface area contributed by atoms with E-state index in [9.17, 15) is 9.59 Å². The molecule has 0 heterocycles. The number of carboxylic acid groups (broad SMARTS) is 2. The van der Waals surface area contributed by atoms with Crippen LogP contribution in [0.4, 0.5) is 5.69 Å². The van der Waals surface area contributed by atoms with Gasteiger partial charge < -0.3 is 15.9 Å². The Morgan fingerprint density at radius 3 is 2.50 bits per heavy atom. The number of hydrogen-bond acceptors (Lipinski definition) is 3. The molecule has 1 rings (SSSR count). The number of hydrogen-bond donors (Lipinski definition) is 3. The van der Waals surface area contributed by atoms with E-state index in [2.05, 4.69) is 11.8 Å². The lowest BCUT2D eigenvalue weighted by Gasteiger charge is -2.00. The number of carbonyl (C=O) groups is 2. The molecule has 0 unspecified atom stereocenters. The lowest BCUT2D eigenvalue weighted by molar-refractivity contribution is -0.135. The van der Waals surface area contributed by atoms with Gasteiger partial charge in [0.05, 0.1) is 5.56 Å². The second-order valence-corrected chi connectivity index (χ2v) is 2.98. The summed E-state index contributed by atoms with van der Waals surface area (Å²) in [4.78, 5) is 20.8. The highest BCUT2D eigenvalue weighted by molar-refractivity contribution is 5.93. The van der Waals surface area contributed by atoms with Crippen LogP contribution in [0.2, 0.25) is 0 Å². The minimum absolute atomic E-state index is 0.00350. The highest BCUT2D eigenvalue weighted by Crippen LogP contribution is 2.13. The van der Waals surface area contributed by atoms with Crippen molar-refractivity contribution < 1.29 is 19.8 Å². The Balaban J connectivity index is 2.92. The van der Waals surface area contributed by atoms with E-state index >= 15 is 0 Å². The Bertz CT molecular complexity index is 496. The van der Waals surface area contributed by atoms with Crippen molar-refractivity contribution in [1.82, 2.24) is 0 Å². The normalized spacial score (nSPS) is 9.00. The van der Waals surface area contributed by atoms with Gasteiger partial charge in [-0.2, -0.15) is 0 Å². The molecule has 0 aromatic heterocycles. The molecule has 0 fully saturated rings. The van der Waals surface area contributed by atoms with E-state index in [1.165, 1.54) is 18.2 Å². The molecule has 16 heavy (non-hydrogen) atoms. The summed E-state index contributed by atoms with van der Waals surface area (Å²) in [6, 6.07) is 4.22. The van der Waals surface area contributed by atoms with Crippen LogP contribution < -0.4 is 5.73 Å². The summed E-state index contributed by atoms with van der Waals surface area (Å²) in [5, 5.41) is 17.1. The fourth-order valence-corrected chi connectivity index (χ4v) is 1.06. The number of nitrogens with two attached hydrogens (primary N) is 1. The molecule has 5 nitrogen and oxygen atoms in total. The zero-order valence-corrected chi connectivity index (χ0v) is 8.23. The first-order chi connectivity index (χ1) is 7.50. The minimum atomic E-state index is -1.11. The van der Waals surface area contributed by atoms with Gasteiger partial charge in [0.15, 0.2) is 0 Å². The van der Waals surface area contributed by atoms with Crippen LogP contribution in [0.3, 0.4) is 0 Å². The molecule has 5 heteroatoms. The zero-order chi connectivity index (χ0) is 12.1. The van der Waals surface area contributed by atoms with Crippen LogP contribution in [0.15, 0.2) is 18.2 Å². The van der Waals surface area contributed by atoms with Crippen molar-refractivity contribution in [3.8, 4) is 11.8 Å². The van der Waals surface area contributed by atoms with E-state index in [1.54, 1.807) is 0 Å². The van der Waals surface area contributed by atoms with Gasteiger partial charge in [0.25, 0.3) is 0 Å². The van der Waals surface area contributed by atoms with Crippen molar-refractivity contribution >= 4 is 17.6 Å². The average molecular weight is 219 g/mol. The summed E-state index contributed by atoms with van der Waals surface area (Å²) >= 11 is 0. The number of carboxylic acids is 2. The van der Waals surface area contributed by atoms with Gasteiger partial charge >= 0.3 is 11.9 Å². The van der Waals surface area contributed by atoms with Crippen molar-refractivity contribution in [1.29, 1.82) is 0 Å². The monoisotopic (exact) mass is 219 g/mol. The van der Waals surface area contributed by atoms with Crippen LogP contribution in [0.1, 0.15) is 22.3 Å². The smallest absolute Gasteiger partial charge is 0.337 e. The highest BCUT2D eigenvalue weighted by atomic mass is 16.4. The molecule has 0 aliphatic carbocycles. The van der Waals surface area contributed by atoms with Gasteiger partial charge in [-0.1, -0.05) is 11.8 Å². The van der Waals surface area contributed by atoms with E-state index in [0.717, 1.165) is 0 Å². The summed E-state index contributed by atoms with van der Waals surface area (Å²) in [5.41, 5.74) is 6.09. The largest absolute Gasteiger partial charge is 0.481 e. The third-order valence-electron chi connectivity index (χ3n) is 1.75. The average Bonchev–Trinajstić information content (AvgIpc) is 2.16. The highest BCUT2D eigenvalue weighted by Gasteiger charge is 2.06. The quantitative estimate of drug-likeness (QED) is 0.504. The van der Waals surface area contributed by atoms with Gasteiger partial charge in [-0.05, 0) is 18.2 Å². The van der Waals surface area contributed by atoms with E-state index in [4.69, 9.17) is 15.9 Å². The van der Waals surface area contributed by atoms with Crippen LogP contribution in [0.25, 0.3) is 0 Å². The van der Waals surface area contributed by atoms with E-state index in [-0.39, 0.29) is 17.7 Å². The number of rotatable bonds is 2. The van der Waals surface area contributed by atoms with Crippen LogP contribution in [-0.4, -0.2) is 22.2 Å². The Labute approximate surface area is 91.5 Å². The maximum Gasteiger partial charge on any atom is 0.337 e. The first-order valence-electron chi connectivity index (χ1n) is 4.34. The second kappa shape index (κ2) is 4.84. The molecule has 0 amide bonds. The lowest BCUT2D eigenvalue weighted by atomic mass is 10.1. The number of benzene rings is 1. The summed E-state index contributed by atoms with van der Waals surface area (Å²) < 4.78 is 0. The maximum absolute atomic E-state index is 10.6. The van der Waals surface area contributed by atoms with Gasteiger partial charge in [-0.15, -0.1) is 0 Å². The third kappa shape index (κ3) is 3.03. The summed E-state index contributed by atoms with van der Waals surface area (Å²) in [6.07, 6.45) is -0.263. The summed E-state index contributed by atoms with van der Waals surface area (Å²) in [7, 11) is 0. The summed E-state index contributed by atoms with van der Waals surface area (Å²) in [5.74, 6) is 2.88. The number of nitrogen functional groups attached to an aromatic ring is 1. The molecule has 0 aliphatic rings. The van der Waals surface area contributed by atoms with Gasteiger partial charge in [0.1, 0.15) is 6.42 Å². The topological polar surface area (TPSA) is 101 Å². The van der Waals surface area contributed by atoms with Crippen molar-refractivity contribution in [3.63, 3.8) is 0 Å². The molecule has 1 aromatic carbocycles.